The van der Waals surface area contributed by atoms with Crippen molar-refractivity contribution in [3.63, 3.8) is 0 Å². The molecule has 0 radical (unpaired) electrons. The molecule has 0 bridgehead atoms. The van der Waals surface area contributed by atoms with Crippen molar-refractivity contribution in [3.8, 4) is 0 Å². The Bertz CT molecular complexity index is 641. The summed E-state index contributed by atoms with van der Waals surface area (Å²) in [6, 6.07) is 21.0. The van der Waals surface area contributed by atoms with Gasteiger partial charge in [0.2, 0.25) is 5.24 Å². The van der Waals surface area contributed by atoms with E-state index < -0.39 is 8.32 Å². The number of halogens is 1. The Balaban J connectivity index is 2.54. The van der Waals surface area contributed by atoms with E-state index in [-0.39, 0.29) is 16.4 Å². The van der Waals surface area contributed by atoms with Crippen molar-refractivity contribution in [1.29, 1.82) is 0 Å². The maximum absolute atomic E-state index is 11.2. The van der Waals surface area contributed by atoms with E-state index in [9.17, 15) is 4.79 Å². The summed E-state index contributed by atoms with van der Waals surface area (Å²) in [5.74, 6) is 0. The molecule has 0 fully saturated rings. The van der Waals surface area contributed by atoms with Gasteiger partial charge in [0.05, 0.1) is 0 Å². The Morgan fingerprint density at radius 3 is 1.80 bits per heavy atom. The third-order valence-corrected chi connectivity index (χ3v) is 9.89. The van der Waals surface area contributed by atoms with Crippen LogP contribution in [0.2, 0.25) is 5.04 Å². The normalized spacial score (nSPS) is 13.5. The van der Waals surface area contributed by atoms with E-state index in [1.54, 1.807) is 0 Å². The van der Waals surface area contributed by atoms with Gasteiger partial charge in [0.1, 0.15) is 0 Å². The van der Waals surface area contributed by atoms with Gasteiger partial charge in [-0.1, -0.05) is 81.4 Å². The largest absolute Gasteiger partial charge is 0.405 e. The quantitative estimate of drug-likeness (QED) is 0.527. The molecule has 2 nitrogen and oxygen atoms in total. The van der Waals surface area contributed by atoms with Crippen molar-refractivity contribution in [2.45, 2.75) is 51.7 Å². The average molecular weight is 375 g/mol. The molecular weight excluding hydrogens is 348 g/mol. The molecule has 0 aliphatic carbocycles. The second-order valence-electron chi connectivity index (χ2n) is 7.49. The molecule has 0 N–H and O–H groups in total. The molecule has 0 aromatic heterocycles. The summed E-state index contributed by atoms with van der Waals surface area (Å²) >= 11 is 5.53. The highest BCUT2D eigenvalue weighted by atomic mass is 35.5. The van der Waals surface area contributed by atoms with Gasteiger partial charge in [-0.3, -0.25) is 4.79 Å². The van der Waals surface area contributed by atoms with Gasteiger partial charge in [-0.05, 0) is 40.4 Å². The number of hydrogen-bond acceptors (Lipinski definition) is 2. The minimum Gasteiger partial charge on any atom is -0.405 e. The molecule has 0 aliphatic rings. The van der Waals surface area contributed by atoms with Crippen LogP contribution >= 0.6 is 11.6 Å². The van der Waals surface area contributed by atoms with Crippen molar-refractivity contribution in [3.05, 3.63) is 60.7 Å². The maximum atomic E-state index is 11.2. The molecule has 2 aromatic rings. The highest BCUT2D eigenvalue weighted by Gasteiger charge is 2.50. The van der Waals surface area contributed by atoms with Crippen LogP contribution in [0.15, 0.2) is 60.7 Å². The Morgan fingerprint density at radius 2 is 1.44 bits per heavy atom. The first kappa shape index (κ1) is 19.9. The van der Waals surface area contributed by atoms with Gasteiger partial charge in [-0.15, -0.1) is 0 Å². The number of hydrogen-bond donors (Lipinski definition) is 0. The Morgan fingerprint density at radius 1 is 1.00 bits per heavy atom. The lowest BCUT2D eigenvalue weighted by Crippen LogP contribution is -2.67. The lowest BCUT2D eigenvalue weighted by Gasteiger charge is -2.44. The summed E-state index contributed by atoms with van der Waals surface area (Å²) < 4.78 is 6.85. The lowest BCUT2D eigenvalue weighted by atomic mass is 10.2. The van der Waals surface area contributed by atoms with Gasteiger partial charge >= 0.3 is 0 Å². The number of carbonyl (C=O) groups excluding carboxylic acids is 1. The molecule has 4 heteroatoms. The van der Waals surface area contributed by atoms with E-state index >= 15 is 0 Å². The fraction of sp³-hybridized carbons (Fsp3) is 0.381. The zero-order valence-corrected chi connectivity index (χ0v) is 17.2. The van der Waals surface area contributed by atoms with Crippen LogP contribution in [0.1, 0.15) is 40.5 Å². The number of rotatable bonds is 7. The first-order valence-electron chi connectivity index (χ1n) is 8.74. The average Bonchev–Trinajstić information content (AvgIpc) is 2.58. The van der Waals surface area contributed by atoms with Crippen LogP contribution in [0.5, 0.6) is 0 Å². The monoisotopic (exact) mass is 374 g/mol. The summed E-state index contributed by atoms with van der Waals surface area (Å²) in [5.41, 5.74) is 0. The molecule has 2 rings (SSSR count). The zero-order chi connectivity index (χ0) is 18.5. The minimum absolute atomic E-state index is 0.0472. The molecule has 1 unspecified atom stereocenters. The molecule has 0 saturated carbocycles. The van der Waals surface area contributed by atoms with Crippen molar-refractivity contribution in [2.24, 2.45) is 0 Å². The van der Waals surface area contributed by atoms with Gasteiger partial charge in [0.15, 0.2) is 0 Å². The maximum Gasteiger partial charge on any atom is 0.261 e. The third kappa shape index (κ3) is 4.60. The first-order valence-corrected chi connectivity index (χ1v) is 11.0. The van der Waals surface area contributed by atoms with Gasteiger partial charge in [0, 0.05) is 12.5 Å². The van der Waals surface area contributed by atoms with Gasteiger partial charge in [0.25, 0.3) is 8.32 Å². The van der Waals surface area contributed by atoms with Crippen molar-refractivity contribution in [2.75, 3.05) is 0 Å². The third-order valence-electron chi connectivity index (χ3n) is 4.54. The highest BCUT2D eigenvalue weighted by Crippen LogP contribution is 2.37. The SMILES string of the molecule is CC(CCC(=O)Cl)O[Si](c1ccccc1)(c1ccccc1)C(C)(C)C. The second kappa shape index (κ2) is 8.30. The lowest BCUT2D eigenvalue weighted by molar-refractivity contribution is -0.112. The van der Waals surface area contributed by atoms with E-state index in [1.807, 2.05) is 19.1 Å². The van der Waals surface area contributed by atoms with Gasteiger partial charge < -0.3 is 4.43 Å². The number of carbonyl (C=O) groups is 1. The van der Waals surface area contributed by atoms with Crippen molar-refractivity contribution in [1.82, 2.24) is 0 Å². The van der Waals surface area contributed by atoms with E-state index in [0.29, 0.717) is 12.8 Å². The fourth-order valence-corrected chi connectivity index (χ4v) is 8.21. The van der Waals surface area contributed by atoms with E-state index in [2.05, 4.69) is 69.3 Å². The Kier molecular flexibility index (Phi) is 6.61. The highest BCUT2D eigenvalue weighted by molar-refractivity contribution is 6.99. The predicted molar refractivity (Wildman–Crippen MR) is 108 cm³/mol. The zero-order valence-electron chi connectivity index (χ0n) is 15.5. The van der Waals surface area contributed by atoms with Crippen molar-refractivity contribution >= 4 is 35.5 Å². The van der Waals surface area contributed by atoms with E-state index in [4.69, 9.17) is 16.0 Å². The predicted octanol–water partition coefficient (Wildman–Crippen LogP) is 4.50. The summed E-state index contributed by atoms with van der Waals surface area (Å²) in [7, 11) is -2.54. The molecule has 134 valence electrons. The molecule has 0 aliphatic heterocycles. The van der Waals surface area contributed by atoms with Crippen molar-refractivity contribution < 1.29 is 9.22 Å². The minimum atomic E-state index is -2.54. The second-order valence-corrected chi connectivity index (χ2v) is 12.2. The Labute approximate surface area is 157 Å². The van der Waals surface area contributed by atoms with Crippen LogP contribution in [-0.4, -0.2) is 19.7 Å². The molecule has 2 aromatic carbocycles. The van der Waals surface area contributed by atoms with Crippen LogP contribution in [0.4, 0.5) is 0 Å². The molecule has 0 saturated heterocycles. The molecular formula is C21H27ClO2Si. The van der Waals surface area contributed by atoms with Crippen LogP contribution in [0.25, 0.3) is 0 Å². The molecule has 0 heterocycles. The summed E-state index contributed by atoms with van der Waals surface area (Å²) in [6.07, 6.45) is 0.919. The van der Waals surface area contributed by atoms with E-state index in [1.165, 1.54) is 10.4 Å². The molecule has 25 heavy (non-hydrogen) atoms. The van der Waals surface area contributed by atoms with Gasteiger partial charge in [-0.25, -0.2) is 0 Å². The first-order chi connectivity index (χ1) is 11.8. The Hall–Kier alpha value is -1.42. The number of benzene rings is 2. The van der Waals surface area contributed by atoms with Crippen LogP contribution in [0.3, 0.4) is 0 Å². The van der Waals surface area contributed by atoms with Crippen LogP contribution < -0.4 is 10.4 Å². The summed E-state index contributed by atoms with van der Waals surface area (Å²) in [6.45, 7) is 8.79. The molecule has 0 amide bonds. The smallest absolute Gasteiger partial charge is 0.261 e. The van der Waals surface area contributed by atoms with Crippen LogP contribution in [0, 0.1) is 0 Å². The topological polar surface area (TPSA) is 26.3 Å². The van der Waals surface area contributed by atoms with Crippen LogP contribution in [-0.2, 0) is 9.22 Å². The summed E-state index contributed by atoms with van der Waals surface area (Å²) in [4.78, 5) is 11.2. The van der Waals surface area contributed by atoms with E-state index in [0.717, 1.165) is 0 Å². The molecule has 0 spiro atoms. The fourth-order valence-electron chi connectivity index (χ4n) is 3.37. The molecule has 1 atom stereocenters. The summed E-state index contributed by atoms with van der Waals surface area (Å²) in [5, 5.41) is 2.13. The van der Waals surface area contributed by atoms with Gasteiger partial charge in [-0.2, -0.15) is 0 Å². The standard InChI is InChI=1S/C21H27ClO2Si/c1-17(15-16-20(22)23)24-25(21(2,3)4,18-11-7-5-8-12-18)19-13-9-6-10-14-19/h5-14,17H,15-16H2,1-4H3.